The van der Waals surface area contributed by atoms with E-state index in [-0.39, 0.29) is 5.97 Å². The second kappa shape index (κ2) is 6.29. The van der Waals surface area contributed by atoms with Crippen LogP contribution in [0.5, 0.6) is 0 Å². The molecule has 0 aliphatic heterocycles. The van der Waals surface area contributed by atoms with Gasteiger partial charge in [0.05, 0.1) is 18.7 Å². The fourth-order valence-electron chi connectivity index (χ4n) is 1.78. The summed E-state index contributed by atoms with van der Waals surface area (Å²) in [5.41, 5.74) is 2.81. The molecule has 0 amide bonds. The highest BCUT2D eigenvalue weighted by atomic mass is 16.5. The van der Waals surface area contributed by atoms with Gasteiger partial charge in [-0.15, -0.1) is 0 Å². The number of carbonyl (C=O) groups excluding carboxylic acids is 1. The smallest absolute Gasteiger partial charge is 0.307 e. The van der Waals surface area contributed by atoms with E-state index >= 15 is 0 Å². The average molecular weight is 262 g/mol. The summed E-state index contributed by atoms with van der Waals surface area (Å²) in [4.78, 5) is 15.5. The Bertz CT molecular complexity index is 565. The van der Waals surface area contributed by atoms with Crippen molar-refractivity contribution in [1.82, 2.24) is 19.9 Å². The molecule has 6 heteroatoms. The normalized spacial score (nSPS) is 10.8. The molecular formula is C13H18N4O2. The molecule has 0 aliphatic rings. The molecule has 0 aromatic carbocycles. The average Bonchev–Trinajstić information content (AvgIpc) is 2.74. The predicted molar refractivity (Wildman–Crippen MR) is 70.7 cm³/mol. The van der Waals surface area contributed by atoms with Crippen molar-refractivity contribution in [3.63, 3.8) is 0 Å². The van der Waals surface area contributed by atoms with Crippen LogP contribution in [0, 0.1) is 6.92 Å². The molecule has 2 aromatic rings. The molecule has 0 spiro atoms. The first-order valence-corrected chi connectivity index (χ1v) is 6.36. The van der Waals surface area contributed by atoms with Crippen LogP contribution in [0.3, 0.4) is 0 Å². The molecule has 2 rings (SSSR count). The van der Waals surface area contributed by atoms with Crippen LogP contribution in [-0.2, 0) is 16.1 Å². The molecule has 0 radical (unpaired) electrons. The largest absolute Gasteiger partial charge is 0.466 e. The van der Waals surface area contributed by atoms with Gasteiger partial charge in [0.25, 0.3) is 0 Å². The number of nitrogens with one attached hydrogen (secondary N) is 1. The number of carbonyl (C=O) groups is 1. The molecule has 1 N–H and O–H groups in total. The van der Waals surface area contributed by atoms with E-state index in [4.69, 9.17) is 4.74 Å². The molecule has 2 aromatic heterocycles. The number of nitrogens with zero attached hydrogens (tertiary/aromatic N) is 3. The highest BCUT2D eigenvalue weighted by Crippen LogP contribution is 2.04. The third-order valence-corrected chi connectivity index (χ3v) is 2.63. The first kappa shape index (κ1) is 13.5. The van der Waals surface area contributed by atoms with Gasteiger partial charge in [-0.05, 0) is 13.8 Å². The molecular weight excluding hydrogens is 244 g/mol. The van der Waals surface area contributed by atoms with Gasteiger partial charge >= 0.3 is 5.97 Å². The minimum atomic E-state index is -0.175. The van der Waals surface area contributed by atoms with Crippen molar-refractivity contribution in [1.29, 1.82) is 0 Å². The van der Waals surface area contributed by atoms with Gasteiger partial charge in [-0.3, -0.25) is 4.79 Å². The molecule has 0 fully saturated rings. The maximum Gasteiger partial charge on any atom is 0.307 e. The Kier molecular flexibility index (Phi) is 4.46. The van der Waals surface area contributed by atoms with Crippen molar-refractivity contribution in [2.45, 2.75) is 26.8 Å². The number of fused-ring (bicyclic) bond motifs is 1. The van der Waals surface area contributed by atoms with E-state index in [1.165, 1.54) is 0 Å². The summed E-state index contributed by atoms with van der Waals surface area (Å²) >= 11 is 0. The predicted octanol–water partition coefficient (Wildman–Crippen LogP) is 1.08. The van der Waals surface area contributed by atoms with Crippen LogP contribution >= 0.6 is 0 Å². The summed E-state index contributed by atoms with van der Waals surface area (Å²) in [6.45, 7) is 5.42. The van der Waals surface area contributed by atoms with Crippen molar-refractivity contribution >= 4 is 11.6 Å². The molecule has 0 unspecified atom stereocenters. The maximum atomic E-state index is 11.1. The van der Waals surface area contributed by atoms with Crippen LogP contribution in [-0.4, -0.2) is 33.7 Å². The summed E-state index contributed by atoms with van der Waals surface area (Å²) in [7, 11) is 0. The quantitative estimate of drug-likeness (QED) is 0.623. The minimum absolute atomic E-state index is 0.175. The zero-order valence-electron chi connectivity index (χ0n) is 11.2. The number of hydrogen-bond donors (Lipinski definition) is 1. The Labute approximate surface area is 111 Å². The minimum Gasteiger partial charge on any atom is -0.466 e. The number of ether oxygens (including phenoxy) is 1. The molecule has 0 aliphatic carbocycles. The van der Waals surface area contributed by atoms with Crippen LogP contribution in [0.2, 0.25) is 0 Å². The van der Waals surface area contributed by atoms with Gasteiger partial charge in [0, 0.05) is 37.1 Å². The molecule has 0 saturated carbocycles. The highest BCUT2D eigenvalue weighted by molar-refractivity contribution is 5.69. The van der Waals surface area contributed by atoms with Gasteiger partial charge in [0.15, 0.2) is 5.65 Å². The van der Waals surface area contributed by atoms with Crippen molar-refractivity contribution in [3.05, 3.63) is 29.7 Å². The molecule has 0 saturated heterocycles. The van der Waals surface area contributed by atoms with Crippen LogP contribution in [0.1, 0.15) is 24.6 Å². The van der Waals surface area contributed by atoms with E-state index in [0.717, 1.165) is 16.9 Å². The lowest BCUT2D eigenvalue weighted by Gasteiger charge is -2.05. The highest BCUT2D eigenvalue weighted by Gasteiger charge is 2.02. The summed E-state index contributed by atoms with van der Waals surface area (Å²) < 4.78 is 6.61. The van der Waals surface area contributed by atoms with Gasteiger partial charge in [-0.25, -0.2) is 9.50 Å². The van der Waals surface area contributed by atoms with Crippen molar-refractivity contribution in [2.24, 2.45) is 0 Å². The van der Waals surface area contributed by atoms with Gasteiger partial charge in [0.1, 0.15) is 0 Å². The van der Waals surface area contributed by atoms with Gasteiger partial charge in [-0.1, -0.05) is 0 Å². The molecule has 2 heterocycles. The first-order chi connectivity index (χ1) is 9.19. The number of esters is 1. The lowest BCUT2D eigenvalue weighted by molar-refractivity contribution is -0.142. The van der Waals surface area contributed by atoms with E-state index in [1.807, 2.05) is 25.4 Å². The van der Waals surface area contributed by atoms with E-state index in [2.05, 4.69) is 15.4 Å². The second-order valence-electron chi connectivity index (χ2n) is 4.28. The Morgan fingerprint density at radius 1 is 1.53 bits per heavy atom. The maximum absolute atomic E-state index is 11.1. The fraction of sp³-hybridized carbons (Fsp3) is 0.462. The molecule has 102 valence electrons. The second-order valence-corrected chi connectivity index (χ2v) is 4.28. The van der Waals surface area contributed by atoms with Crippen molar-refractivity contribution in [2.75, 3.05) is 13.2 Å². The number of hydrogen-bond acceptors (Lipinski definition) is 5. The Hall–Kier alpha value is -1.95. The molecule has 0 atom stereocenters. The fourth-order valence-corrected chi connectivity index (χ4v) is 1.78. The third-order valence-electron chi connectivity index (χ3n) is 2.63. The summed E-state index contributed by atoms with van der Waals surface area (Å²) in [6.07, 6.45) is 4.13. The van der Waals surface area contributed by atoms with Crippen LogP contribution < -0.4 is 5.32 Å². The molecule has 0 bridgehead atoms. The van der Waals surface area contributed by atoms with Crippen LogP contribution in [0.15, 0.2) is 18.5 Å². The van der Waals surface area contributed by atoms with Crippen LogP contribution in [0.4, 0.5) is 0 Å². The van der Waals surface area contributed by atoms with Gasteiger partial charge < -0.3 is 10.1 Å². The summed E-state index contributed by atoms with van der Waals surface area (Å²) in [5, 5.41) is 7.49. The lowest BCUT2D eigenvalue weighted by Crippen LogP contribution is -2.19. The lowest BCUT2D eigenvalue weighted by atomic mass is 10.3. The van der Waals surface area contributed by atoms with E-state index in [1.54, 1.807) is 11.4 Å². The zero-order valence-corrected chi connectivity index (χ0v) is 11.2. The number of rotatable bonds is 6. The Morgan fingerprint density at radius 3 is 3.16 bits per heavy atom. The monoisotopic (exact) mass is 262 g/mol. The van der Waals surface area contributed by atoms with Crippen LogP contribution in [0.25, 0.3) is 5.65 Å². The number of aromatic nitrogens is 3. The molecule has 19 heavy (non-hydrogen) atoms. The zero-order chi connectivity index (χ0) is 13.7. The van der Waals surface area contributed by atoms with Crippen molar-refractivity contribution < 1.29 is 9.53 Å². The Balaban J connectivity index is 1.83. The summed E-state index contributed by atoms with van der Waals surface area (Å²) in [5.74, 6) is -0.175. The van der Waals surface area contributed by atoms with E-state index in [9.17, 15) is 4.79 Å². The summed E-state index contributed by atoms with van der Waals surface area (Å²) in [6, 6.07) is 1.93. The standard InChI is InChI=1S/C13H18N4O2/c1-3-19-13(18)4-5-14-7-11-8-15-12-6-10(2)16-17(12)9-11/h6,8-9,14H,3-5,7H2,1-2H3. The van der Waals surface area contributed by atoms with Gasteiger partial charge in [-0.2, -0.15) is 5.10 Å². The third kappa shape index (κ3) is 3.75. The Morgan fingerprint density at radius 2 is 2.37 bits per heavy atom. The molecule has 6 nitrogen and oxygen atoms in total. The SMILES string of the molecule is CCOC(=O)CCNCc1cnc2cc(C)nn2c1. The van der Waals surface area contributed by atoms with E-state index in [0.29, 0.717) is 26.1 Å². The first-order valence-electron chi connectivity index (χ1n) is 6.36. The van der Waals surface area contributed by atoms with Crippen molar-refractivity contribution in [3.8, 4) is 0 Å². The van der Waals surface area contributed by atoms with E-state index < -0.39 is 0 Å². The number of aryl methyl sites for hydroxylation is 1. The topological polar surface area (TPSA) is 68.5 Å². The van der Waals surface area contributed by atoms with Gasteiger partial charge in [0.2, 0.25) is 0 Å².